The summed E-state index contributed by atoms with van der Waals surface area (Å²) in [5.74, 6) is -5.25. The molecule has 0 spiro atoms. The van der Waals surface area contributed by atoms with Gasteiger partial charge >= 0.3 is 0 Å². The van der Waals surface area contributed by atoms with Gasteiger partial charge in [-0.1, -0.05) is 6.07 Å². The van der Waals surface area contributed by atoms with Crippen LogP contribution in [0.3, 0.4) is 0 Å². The highest BCUT2D eigenvalue weighted by Crippen LogP contribution is 2.21. The molecule has 0 saturated heterocycles. The number of anilines is 2. The predicted molar refractivity (Wildman–Crippen MR) is 85.8 cm³/mol. The number of hydrogen-bond donors (Lipinski definition) is 2. The minimum Gasteiger partial charge on any atom is -0.481 e. The van der Waals surface area contributed by atoms with Crippen molar-refractivity contribution < 1.29 is 27.5 Å². The Labute approximate surface area is 141 Å². The molecule has 0 aromatic heterocycles. The van der Waals surface area contributed by atoms with E-state index in [4.69, 9.17) is 4.74 Å². The first kappa shape index (κ1) is 18.3. The molecule has 0 aliphatic heterocycles. The lowest BCUT2D eigenvalue weighted by Crippen LogP contribution is -2.30. The van der Waals surface area contributed by atoms with Crippen molar-refractivity contribution in [3.8, 4) is 5.75 Å². The Kier molecular flexibility index (Phi) is 5.63. The van der Waals surface area contributed by atoms with Crippen LogP contribution in [0.4, 0.5) is 24.5 Å². The summed E-state index contributed by atoms with van der Waals surface area (Å²) in [4.78, 5) is 23.1. The van der Waals surface area contributed by atoms with Crippen LogP contribution < -0.4 is 15.4 Å². The molecule has 0 unspecified atom stereocenters. The fourth-order valence-corrected chi connectivity index (χ4v) is 1.96. The minimum atomic E-state index is -1.67. The molecule has 25 heavy (non-hydrogen) atoms. The lowest BCUT2D eigenvalue weighted by molar-refractivity contribution is -0.122. The first-order chi connectivity index (χ1) is 11.8. The van der Waals surface area contributed by atoms with Gasteiger partial charge in [-0.3, -0.25) is 9.59 Å². The molecule has 0 bridgehead atoms. The minimum absolute atomic E-state index is 0.267. The number of ether oxygens (including phenoxy) is 1. The molecule has 0 heterocycles. The van der Waals surface area contributed by atoms with Gasteiger partial charge in [0.25, 0.3) is 5.91 Å². The van der Waals surface area contributed by atoms with Crippen LogP contribution in [0.15, 0.2) is 36.4 Å². The van der Waals surface area contributed by atoms with Crippen LogP contribution in [0.1, 0.15) is 13.8 Å². The molecule has 132 valence electrons. The van der Waals surface area contributed by atoms with Crippen molar-refractivity contribution in [3.05, 3.63) is 53.8 Å². The van der Waals surface area contributed by atoms with Gasteiger partial charge in [0.15, 0.2) is 23.6 Å². The Hall–Kier alpha value is -3.03. The Morgan fingerprint density at radius 3 is 2.44 bits per heavy atom. The first-order valence-corrected chi connectivity index (χ1v) is 7.26. The Bertz CT molecular complexity index is 812. The second-order valence-corrected chi connectivity index (χ2v) is 5.18. The lowest BCUT2D eigenvalue weighted by Gasteiger charge is -2.16. The molecule has 8 heteroatoms. The number of halogens is 3. The number of amides is 2. The zero-order valence-electron chi connectivity index (χ0n) is 13.4. The van der Waals surface area contributed by atoms with Crippen LogP contribution in [0.5, 0.6) is 5.75 Å². The van der Waals surface area contributed by atoms with Crippen molar-refractivity contribution in [1.82, 2.24) is 0 Å². The van der Waals surface area contributed by atoms with E-state index in [0.29, 0.717) is 17.5 Å². The number of rotatable bonds is 5. The fourth-order valence-electron chi connectivity index (χ4n) is 1.96. The van der Waals surface area contributed by atoms with Crippen LogP contribution >= 0.6 is 0 Å². The molecule has 2 aromatic rings. The van der Waals surface area contributed by atoms with Gasteiger partial charge in [0.05, 0.1) is 5.69 Å². The van der Waals surface area contributed by atoms with Crippen molar-refractivity contribution in [2.45, 2.75) is 20.0 Å². The number of carbonyl (C=O) groups excluding carboxylic acids is 2. The second kappa shape index (κ2) is 7.69. The summed E-state index contributed by atoms with van der Waals surface area (Å²) in [6.07, 6.45) is -1.06. The largest absolute Gasteiger partial charge is 0.481 e. The summed E-state index contributed by atoms with van der Waals surface area (Å²) in [7, 11) is 0. The van der Waals surface area contributed by atoms with Crippen molar-refractivity contribution in [2.75, 3.05) is 10.6 Å². The molecular formula is C17H15F3N2O3. The SMILES string of the molecule is CC(=O)Nc1cccc(O[C@H](C)C(=O)Nc2ccc(F)c(F)c2F)c1. The van der Waals surface area contributed by atoms with Gasteiger partial charge in [0.2, 0.25) is 5.91 Å². The second-order valence-electron chi connectivity index (χ2n) is 5.18. The van der Waals surface area contributed by atoms with Crippen molar-refractivity contribution >= 4 is 23.2 Å². The first-order valence-electron chi connectivity index (χ1n) is 7.26. The third-order valence-corrected chi connectivity index (χ3v) is 3.13. The molecule has 1 atom stereocenters. The highest BCUT2D eigenvalue weighted by Gasteiger charge is 2.19. The maximum atomic E-state index is 13.6. The van der Waals surface area contributed by atoms with E-state index in [0.717, 1.165) is 6.07 Å². The van der Waals surface area contributed by atoms with E-state index in [1.165, 1.54) is 19.9 Å². The number of nitrogens with one attached hydrogen (secondary N) is 2. The average Bonchev–Trinajstić information content (AvgIpc) is 2.55. The van der Waals surface area contributed by atoms with E-state index in [1.807, 2.05) is 0 Å². The summed E-state index contributed by atoms with van der Waals surface area (Å²) in [5, 5.41) is 4.69. The summed E-state index contributed by atoms with van der Waals surface area (Å²) >= 11 is 0. The van der Waals surface area contributed by atoms with Crippen LogP contribution in [0.2, 0.25) is 0 Å². The normalized spacial score (nSPS) is 11.6. The van der Waals surface area contributed by atoms with Crippen molar-refractivity contribution in [1.29, 1.82) is 0 Å². The maximum Gasteiger partial charge on any atom is 0.265 e. The van der Waals surface area contributed by atoms with Gasteiger partial charge in [-0.25, -0.2) is 13.2 Å². The zero-order chi connectivity index (χ0) is 18.6. The van der Waals surface area contributed by atoms with Gasteiger partial charge < -0.3 is 15.4 Å². The van der Waals surface area contributed by atoms with Gasteiger partial charge in [-0.05, 0) is 31.2 Å². The van der Waals surface area contributed by atoms with Gasteiger partial charge in [-0.15, -0.1) is 0 Å². The van der Waals surface area contributed by atoms with E-state index in [2.05, 4.69) is 10.6 Å². The molecule has 0 aliphatic rings. The number of hydrogen-bond acceptors (Lipinski definition) is 3. The van der Waals surface area contributed by atoms with E-state index < -0.39 is 35.2 Å². The standard InChI is InChI=1S/C17H15F3N2O3/c1-9(25-12-5-3-4-11(8-12)21-10(2)23)17(24)22-14-7-6-13(18)15(19)16(14)20/h3-9H,1-2H3,(H,21,23)(H,22,24)/t9-/m1/s1. The van der Waals surface area contributed by atoms with Crippen LogP contribution in [0, 0.1) is 17.5 Å². The Morgan fingerprint density at radius 1 is 1.04 bits per heavy atom. The Balaban J connectivity index is 2.06. The van der Waals surface area contributed by atoms with E-state index >= 15 is 0 Å². The molecule has 0 saturated carbocycles. The van der Waals surface area contributed by atoms with Crippen molar-refractivity contribution in [2.24, 2.45) is 0 Å². The highest BCUT2D eigenvalue weighted by atomic mass is 19.2. The van der Waals surface area contributed by atoms with Gasteiger partial charge in [0, 0.05) is 18.7 Å². The van der Waals surface area contributed by atoms with E-state index in [-0.39, 0.29) is 5.91 Å². The summed E-state index contributed by atoms with van der Waals surface area (Å²) in [5.41, 5.74) is -0.0180. The molecule has 2 aromatic carbocycles. The third kappa shape index (κ3) is 4.72. The zero-order valence-corrected chi connectivity index (χ0v) is 13.4. The van der Waals surface area contributed by atoms with E-state index in [1.54, 1.807) is 18.2 Å². The molecule has 0 radical (unpaired) electrons. The summed E-state index contributed by atoms with van der Waals surface area (Å²) in [6.45, 7) is 2.75. The van der Waals surface area contributed by atoms with Crippen LogP contribution in [-0.4, -0.2) is 17.9 Å². The topological polar surface area (TPSA) is 67.4 Å². The predicted octanol–water partition coefficient (Wildman–Crippen LogP) is 3.47. The molecule has 2 amide bonds. The van der Waals surface area contributed by atoms with Gasteiger partial charge in [0.1, 0.15) is 5.75 Å². The quantitative estimate of drug-likeness (QED) is 0.810. The maximum absolute atomic E-state index is 13.6. The van der Waals surface area contributed by atoms with Crippen LogP contribution in [0.25, 0.3) is 0 Å². The lowest BCUT2D eigenvalue weighted by atomic mass is 10.2. The molecule has 2 rings (SSSR count). The summed E-state index contributed by atoms with van der Waals surface area (Å²) < 4.78 is 45.0. The smallest absolute Gasteiger partial charge is 0.265 e. The van der Waals surface area contributed by atoms with E-state index in [9.17, 15) is 22.8 Å². The number of carbonyl (C=O) groups is 2. The third-order valence-electron chi connectivity index (χ3n) is 3.13. The fraction of sp³-hybridized carbons (Fsp3) is 0.176. The molecule has 2 N–H and O–H groups in total. The molecule has 0 aliphatic carbocycles. The molecule has 5 nitrogen and oxygen atoms in total. The van der Waals surface area contributed by atoms with Gasteiger partial charge in [-0.2, -0.15) is 0 Å². The number of benzene rings is 2. The van der Waals surface area contributed by atoms with Crippen molar-refractivity contribution in [3.63, 3.8) is 0 Å². The van der Waals surface area contributed by atoms with Crippen LogP contribution in [-0.2, 0) is 9.59 Å². The highest BCUT2D eigenvalue weighted by molar-refractivity contribution is 5.94. The monoisotopic (exact) mass is 352 g/mol. The molecule has 0 fully saturated rings. The Morgan fingerprint density at radius 2 is 1.76 bits per heavy atom. The molecular weight excluding hydrogens is 337 g/mol. The average molecular weight is 352 g/mol. The summed E-state index contributed by atoms with van der Waals surface area (Å²) in [6, 6.07) is 7.93.